The van der Waals surface area contributed by atoms with E-state index in [9.17, 15) is 9.50 Å². The number of anilines is 1. The number of hydrogen-bond acceptors (Lipinski definition) is 3. The lowest BCUT2D eigenvalue weighted by Gasteiger charge is -2.12. The molecule has 0 radical (unpaired) electrons. The zero-order valence-electron chi connectivity index (χ0n) is 18.1. The van der Waals surface area contributed by atoms with Crippen molar-refractivity contribution in [1.29, 1.82) is 0 Å². The molecule has 0 aliphatic rings. The fraction of sp³-hybridized carbons (Fsp3) is 0.160. The monoisotopic (exact) mass is 446 g/mol. The van der Waals surface area contributed by atoms with Gasteiger partial charge in [0.1, 0.15) is 5.82 Å². The van der Waals surface area contributed by atoms with Gasteiger partial charge in [-0.3, -0.25) is 0 Å². The Morgan fingerprint density at radius 1 is 1.03 bits per heavy atom. The first-order chi connectivity index (χ1) is 15.3. The zero-order valence-corrected chi connectivity index (χ0v) is 18.9. The van der Waals surface area contributed by atoms with E-state index < -0.39 is 0 Å². The molecule has 1 aromatic heterocycles. The van der Waals surface area contributed by atoms with Crippen LogP contribution in [0, 0.1) is 26.6 Å². The minimum Gasteiger partial charge on any atom is -0.493 e. The van der Waals surface area contributed by atoms with Crippen molar-refractivity contribution in [3.63, 3.8) is 0 Å². The first-order valence-corrected chi connectivity index (χ1v) is 10.6. The molecule has 0 saturated heterocycles. The molecule has 1 heterocycles. The molecule has 0 spiro atoms. The fourth-order valence-corrected chi connectivity index (χ4v) is 4.07. The van der Waals surface area contributed by atoms with Crippen LogP contribution in [0.2, 0.25) is 0 Å². The maximum Gasteiger partial charge on any atom is 0.221 e. The summed E-state index contributed by atoms with van der Waals surface area (Å²) in [5.74, 6) is -0.425. The number of para-hydroxylation sites is 1. The molecular weight excluding hydrogens is 423 g/mol. The van der Waals surface area contributed by atoms with Crippen molar-refractivity contribution in [2.45, 2.75) is 27.3 Å². The molecule has 0 amide bonds. The first-order valence-electron chi connectivity index (χ1n) is 10.2. The number of nitrogens with one attached hydrogen (secondary N) is 1. The number of thiocarbonyl (C=S) groups is 1. The maximum absolute atomic E-state index is 14.2. The summed E-state index contributed by atoms with van der Waals surface area (Å²) >= 11 is 5.37. The normalized spacial score (nSPS) is 11.4. The van der Waals surface area contributed by atoms with E-state index >= 15 is 0 Å². The van der Waals surface area contributed by atoms with Crippen LogP contribution >= 0.6 is 12.2 Å². The van der Waals surface area contributed by atoms with Crippen LogP contribution in [0.1, 0.15) is 22.3 Å². The van der Waals surface area contributed by atoms with E-state index in [0.717, 1.165) is 22.3 Å². The Labute approximate surface area is 191 Å². The predicted octanol–water partition coefficient (Wildman–Crippen LogP) is 6.94. The van der Waals surface area contributed by atoms with Crippen molar-refractivity contribution in [2.24, 2.45) is 10.2 Å². The second-order valence-electron chi connectivity index (χ2n) is 7.77. The van der Waals surface area contributed by atoms with Gasteiger partial charge in [0.15, 0.2) is 5.69 Å². The molecule has 7 heteroatoms. The third-order valence-electron chi connectivity index (χ3n) is 5.35. The highest BCUT2D eigenvalue weighted by atomic mass is 32.1. The average Bonchev–Trinajstić information content (AvgIpc) is 3.02. The third kappa shape index (κ3) is 4.24. The predicted molar refractivity (Wildman–Crippen MR) is 130 cm³/mol. The van der Waals surface area contributed by atoms with Crippen LogP contribution in [0.3, 0.4) is 0 Å². The molecule has 2 N–H and O–H groups in total. The second-order valence-corrected chi connectivity index (χ2v) is 8.16. The van der Waals surface area contributed by atoms with Crippen LogP contribution in [-0.4, -0.2) is 14.8 Å². The molecule has 0 unspecified atom stereocenters. The van der Waals surface area contributed by atoms with Crippen LogP contribution < -0.4 is 5.32 Å². The van der Waals surface area contributed by atoms with Crippen molar-refractivity contribution in [3.8, 4) is 5.88 Å². The Morgan fingerprint density at radius 2 is 1.69 bits per heavy atom. The van der Waals surface area contributed by atoms with E-state index in [1.807, 2.05) is 45.0 Å². The minimum absolute atomic E-state index is 0.0938. The first kappa shape index (κ1) is 21.6. The van der Waals surface area contributed by atoms with Gasteiger partial charge in [0.25, 0.3) is 0 Å². The number of fused-ring (bicyclic) bond motifs is 1. The summed E-state index contributed by atoms with van der Waals surface area (Å²) in [6, 6.07) is 18.0. The van der Waals surface area contributed by atoms with Gasteiger partial charge in [0, 0.05) is 16.6 Å². The Morgan fingerprint density at radius 3 is 2.41 bits per heavy atom. The summed E-state index contributed by atoms with van der Waals surface area (Å²) in [6.45, 7) is 6.22. The summed E-state index contributed by atoms with van der Waals surface area (Å²) in [6.07, 6.45) is 0. The van der Waals surface area contributed by atoms with Gasteiger partial charge < -0.3 is 15.0 Å². The van der Waals surface area contributed by atoms with Crippen molar-refractivity contribution >= 4 is 39.6 Å². The molecule has 5 nitrogen and oxygen atoms in total. The van der Waals surface area contributed by atoms with Crippen LogP contribution in [0.4, 0.5) is 15.8 Å². The molecule has 0 fully saturated rings. The smallest absolute Gasteiger partial charge is 0.221 e. The van der Waals surface area contributed by atoms with Gasteiger partial charge in [-0.25, -0.2) is 4.39 Å². The van der Waals surface area contributed by atoms with Gasteiger partial charge in [-0.05, 0) is 56.2 Å². The van der Waals surface area contributed by atoms with Gasteiger partial charge in [-0.1, -0.05) is 54.1 Å². The van der Waals surface area contributed by atoms with E-state index in [-0.39, 0.29) is 23.4 Å². The largest absolute Gasteiger partial charge is 0.493 e. The number of hydrogen-bond donors (Lipinski definition) is 2. The zero-order chi connectivity index (χ0) is 22.8. The number of nitrogens with zero attached hydrogens (tertiary/aromatic N) is 3. The molecule has 4 aromatic rings. The molecule has 0 aliphatic heterocycles. The number of azo groups is 1. The standard InChI is InChI=1S/C25H23FN4OS/c1-15-12-16(2)22(17(3)13-15)27-25(32)29-28-23-19-9-5-7-11-21(19)30(24(23)31)14-18-8-4-6-10-20(18)26/h4-13,31H,14H2,1-3H3,(H,27,32). The SMILES string of the molecule is Cc1cc(C)c(NC(=S)N=Nc2c(O)n(Cc3ccccc3F)c3ccccc23)c(C)c1. The van der Waals surface area contributed by atoms with E-state index in [2.05, 4.69) is 27.7 Å². The molecular formula is C25H23FN4OS. The van der Waals surface area contributed by atoms with E-state index in [0.29, 0.717) is 16.6 Å². The lowest BCUT2D eigenvalue weighted by Crippen LogP contribution is -2.08. The van der Waals surface area contributed by atoms with Crippen molar-refractivity contribution < 1.29 is 9.50 Å². The molecule has 0 atom stereocenters. The Hall–Kier alpha value is -3.58. The quantitative estimate of drug-likeness (QED) is 0.264. The summed E-state index contributed by atoms with van der Waals surface area (Å²) < 4.78 is 15.8. The Kier molecular flexibility index (Phi) is 6.01. The topological polar surface area (TPSA) is 61.9 Å². The number of aromatic hydroxyl groups is 1. The Bertz CT molecular complexity index is 1340. The number of aromatic nitrogens is 1. The maximum atomic E-state index is 14.2. The highest BCUT2D eigenvalue weighted by molar-refractivity contribution is 7.80. The lowest BCUT2D eigenvalue weighted by molar-refractivity contribution is 0.428. The highest BCUT2D eigenvalue weighted by Crippen LogP contribution is 2.39. The van der Waals surface area contributed by atoms with Crippen LogP contribution in [-0.2, 0) is 6.54 Å². The van der Waals surface area contributed by atoms with Gasteiger partial charge >= 0.3 is 0 Å². The molecule has 3 aromatic carbocycles. The molecule has 162 valence electrons. The molecule has 4 rings (SSSR count). The summed E-state index contributed by atoms with van der Waals surface area (Å²) in [5.41, 5.74) is 5.67. The van der Waals surface area contributed by atoms with Crippen molar-refractivity contribution in [1.82, 2.24) is 4.57 Å². The van der Waals surface area contributed by atoms with Gasteiger partial charge in [-0.15, -0.1) is 10.2 Å². The molecule has 32 heavy (non-hydrogen) atoms. The summed E-state index contributed by atoms with van der Waals surface area (Å²) in [5, 5.41) is 23.3. The van der Waals surface area contributed by atoms with Crippen LogP contribution in [0.25, 0.3) is 10.9 Å². The van der Waals surface area contributed by atoms with Gasteiger partial charge in [0.05, 0.1) is 12.1 Å². The van der Waals surface area contributed by atoms with Crippen LogP contribution in [0.15, 0.2) is 70.9 Å². The van der Waals surface area contributed by atoms with E-state index in [1.165, 1.54) is 11.6 Å². The van der Waals surface area contributed by atoms with Crippen molar-refractivity contribution in [2.75, 3.05) is 5.32 Å². The third-order valence-corrected chi connectivity index (χ3v) is 5.54. The number of halogens is 1. The Balaban J connectivity index is 1.66. The van der Waals surface area contributed by atoms with Crippen molar-refractivity contribution in [3.05, 3.63) is 88.7 Å². The second kappa shape index (κ2) is 8.88. The molecule has 0 saturated carbocycles. The minimum atomic E-state index is -0.331. The highest BCUT2D eigenvalue weighted by Gasteiger charge is 2.18. The van der Waals surface area contributed by atoms with Gasteiger partial charge in [0.2, 0.25) is 11.0 Å². The van der Waals surface area contributed by atoms with E-state index in [4.69, 9.17) is 12.2 Å². The lowest BCUT2D eigenvalue weighted by atomic mass is 10.1. The summed E-state index contributed by atoms with van der Waals surface area (Å²) in [4.78, 5) is 0. The van der Waals surface area contributed by atoms with E-state index in [1.54, 1.807) is 22.8 Å². The van der Waals surface area contributed by atoms with Gasteiger partial charge in [-0.2, -0.15) is 0 Å². The fourth-order valence-electron chi connectivity index (χ4n) is 3.93. The molecule has 0 bridgehead atoms. The summed E-state index contributed by atoms with van der Waals surface area (Å²) in [7, 11) is 0. The number of aryl methyl sites for hydroxylation is 3. The molecule has 0 aliphatic carbocycles. The van der Waals surface area contributed by atoms with Crippen LogP contribution in [0.5, 0.6) is 5.88 Å². The number of rotatable bonds is 4. The number of benzene rings is 3. The average molecular weight is 447 g/mol.